The quantitative estimate of drug-likeness (QED) is 0.821. The zero-order chi connectivity index (χ0) is 17.1. The van der Waals surface area contributed by atoms with Crippen LogP contribution in [0.2, 0.25) is 0 Å². The van der Waals surface area contributed by atoms with E-state index in [4.69, 9.17) is 0 Å². The highest BCUT2D eigenvalue weighted by Gasteiger charge is 2.32. The van der Waals surface area contributed by atoms with Gasteiger partial charge in [0.25, 0.3) is 0 Å². The molecule has 0 unspecified atom stereocenters. The molecule has 1 fully saturated rings. The lowest BCUT2D eigenvalue weighted by Gasteiger charge is -2.36. The van der Waals surface area contributed by atoms with Crippen molar-refractivity contribution >= 4 is 11.9 Å². The van der Waals surface area contributed by atoms with E-state index in [9.17, 15) is 9.59 Å². The number of nitrogens with zero attached hydrogens (tertiary/aromatic N) is 1. The summed E-state index contributed by atoms with van der Waals surface area (Å²) in [5.41, 5.74) is 3.68. The van der Waals surface area contributed by atoms with Gasteiger partial charge in [-0.15, -0.1) is 0 Å². The Labute approximate surface area is 143 Å². The second-order valence-corrected chi connectivity index (χ2v) is 6.78. The minimum Gasteiger partial charge on any atom is -0.347 e. The topological polar surface area (TPSA) is 61.4 Å². The van der Waals surface area contributed by atoms with E-state index >= 15 is 0 Å². The fourth-order valence-electron chi connectivity index (χ4n) is 3.37. The van der Waals surface area contributed by atoms with Crippen molar-refractivity contribution in [3.8, 4) is 0 Å². The zero-order valence-electron chi connectivity index (χ0n) is 14.3. The molecule has 2 aliphatic heterocycles. The highest BCUT2D eigenvalue weighted by atomic mass is 16.2. The molecule has 0 bridgehead atoms. The first kappa shape index (κ1) is 16.6. The smallest absolute Gasteiger partial charge is 0.317 e. The van der Waals surface area contributed by atoms with E-state index in [1.165, 1.54) is 11.1 Å². The third-order valence-corrected chi connectivity index (χ3v) is 5.07. The van der Waals surface area contributed by atoms with Gasteiger partial charge in [0.05, 0.1) is 12.1 Å². The van der Waals surface area contributed by atoms with E-state index < -0.39 is 0 Å². The molecule has 0 aliphatic carbocycles. The molecule has 2 N–H and O–H groups in total. The van der Waals surface area contributed by atoms with Gasteiger partial charge in [-0.05, 0) is 32.3 Å². The average Bonchev–Trinajstić information content (AvgIpc) is 2.59. The maximum Gasteiger partial charge on any atom is 0.317 e. The molecular weight excluding hydrogens is 302 g/mol. The maximum atomic E-state index is 12.7. The van der Waals surface area contributed by atoms with Gasteiger partial charge in [-0.2, -0.15) is 0 Å². The van der Waals surface area contributed by atoms with E-state index in [1.807, 2.05) is 35.2 Å². The van der Waals surface area contributed by atoms with E-state index in [0.29, 0.717) is 19.4 Å². The third kappa shape index (κ3) is 3.61. The molecule has 2 heterocycles. The summed E-state index contributed by atoms with van der Waals surface area (Å²) < 4.78 is 0. The Hall–Kier alpha value is -2.30. The van der Waals surface area contributed by atoms with Crippen molar-refractivity contribution in [1.29, 1.82) is 0 Å². The molecular formula is C19H25N3O2. The Morgan fingerprint density at radius 2 is 1.92 bits per heavy atom. The molecule has 0 aromatic heterocycles. The number of hydrogen-bond acceptors (Lipinski definition) is 2. The number of hydrogen-bond donors (Lipinski definition) is 2. The van der Waals surface area contributed by atoms with Crippen molar-refractivity contribution < 1.29 is 9.59 Å². The van der Waals surface area contributed by atoms with Crippen LogP contribution in [0, 0.1) is 0 Å². The lowest BCUT2D eigenvalue weighted by Crippen LogP contribution is -2.54. The van der Waals surface area contributed by atoms with E-state index in [-0.39, 0.29) is 24.0 Å². The van der Waals surface area contributed by atoms with Crippen molar-refractivity contribution in [3.63, 3.8) is 0 Å². The molecule has 1 aromatic carbocycles. The molecule has 3 amide bonds. The summed E-state index contributed by atoms with van der Waals surface area (Å²) in [5.74, 6) is 0.0433. The van der Waals surface area contributed by atoms with Gasteiger partial charge in [-0.1, -0.05) is 41.5 Å². The van der Waals surface area contributed by atoms with Crippen LogP contribution in [0.5, 0.6) is 0 Å². The number of carbonyl (C=O) groups excluding carboxylic acids is 2. The summed E-state index contributed by atoms with van der Waals surface area (Å²) in [6, 6.07) is 9.56. The number of amides is 3. The van der Waals surface area contributed by atoms with Crippen LogP contribution in [0.15, 0.2) is 41.5 Å². The Balaban J connectivity index is 1.70. The van der Waals surface area contributed by atoms with Crippen molar-refractivity contribution in [1.82, 2.24) is 15.5 Å². The third-order valence-electron chi connectivity index (χ3n) is 5.07. The van der Waals surface area contributed by atoms with Crippen LogP contribution in [-0.2, 0) is 4.79 Å². The summed E-state index contributed by atoms with van der Waals surface area (Å²) in [6.45, 7) is 5.66. The minimum absolute atomic E-state index is 0.0380. The van der Waals surface area contributed by atoms with E-state index in [2.05, 4.69) is 24.5 Å². The van der Waals surface area contributed by atoms with Crippen LogP contribution in [-0.4, -0.2) is 36.0 Å². The lowest BCUT2D eigenvalue weighted by atomic mass is 9.92. The summed E-state index contributed by atoms with van der Waals surface area (Å²) in [5, 5.41) is 6.17. The fraction of sp³-hybridized carbons (Fsp3) is 0.474. The normalized spacial score (nSPS) is 24.6. The van der Waals surface area contributed by atoms with Gasteiger partial charge in [-0.25, -0.2) is 4.79 Å². The van der Waals surface area contributed by atoms with Crippen LogP contribution in [0.1, 0.15) is 44.7 Å². The molecule has 0 saturated carbocycles. The Morgan fingerprint density at radius 3 is 2.62 bits per heavy atom. The molecule has 2 aliphatic rings. The molecule has 0 spiro atoms. The second kappa shape index (κ2) is 7.07. The predicted octanol–water partition coefficient (Wildman–Crippen LogP) is 2.76. The number of nitrogens with one attached hydrogen (secondary N) is 2. The van der Waals surface area contributed by atoms with Crippen LogP contribution < -0.4 is 10.6 Å². The van der Waals surface area contributed by atoms with Crippen molar-refractivity contribution in [2.24, 2.45) is 0 Å². The molecule has 2 atom stereocenters. The average molecular weight is 327 g/mol. The van der Waals surface area contributed by atoms with Crippen molar-refractivity contribution in [3.05, 3.63) is 47.0 Å². The van der Waals surface area contributed by atoms with Gasteiger partial charge in [0, 0.05) is 19.5 Å². The number of benzene rings is 1. The minimum atomic E-state index is -0.167. The van der Waals surface area contributed by atoms with Crippen LogP contribution in [0.4, 0.5) is 4.79 Å². The van der Waals surface area contributed by atoms with Gasteiger partial charge in [-0.3, -0.25) is 4.79 Å². The van der Waals surface area contributed by atoms with Gasteiger partial charge < -0.3 is 15.5 Å². The fourth-order valence-corrected chi connectivity index (χ4v) is 3.37. The van der Waals surface area contributed by atoms with Gasteiger partial charge >= 0.3 is 6.03 Å². The Kier molecular flexibility index (Phi) is 4.88. The summed E-state index contributed by atoms with van der Waals surface area (Å²) in [6.07, 6.45) is 2.05. The van der Waals surface area contributed by atoms with Gasteiger partial charge in [0.15, 0.2) is 0 Å². The van der Waals surface area contributed by atoms with E-state index in [0.717, 1.165) is 18.5 Å². The first-order valence-electron chi connectivity index (χ1n) is 8.59. The standard InChI is InChI=1S/C19H25N3O2/c1-13-10-11-22(12-14(13)2)19(24)20-16-8-9-17(23)21-18(16)15-6-4-3-5-7-15/h3-7,16,18H,8-12H2,1-2H3,(H,20,24)(H,21,23)/t16-,18+/m1/s1. The number of urea groups is 1. The monoisotopic (exact) mass is 327 g/mol. The zero-order valence-corrected chi connectivity index (χ0v) is 14.3. The molecule has 24 heavy (non-hydrogen) atoms. The first-order valence-corrected chi connectivity index (χ1v) is 8.59. The molecule has 128 valence electrons. The van der Waals surface area contributed by atoms with Crippen LogP contribution in [0.25, 0.3) is 0 Å². The maximum absolute atomic E-state index is 12.7. The lowest BCUT2D eigenvalue weighted by molar-refractivity contribution is -0.123. The number of piperidine rings is 1. The second-order valence-electron chi connectivity index (χ2n) is 6.78. The summed E-state index contributed by atoms with van der Waals surface area (Å²) >= 11 is 0. The molecule has 1 aromatic rings. The number of carbonyl (C=O) groups is 2. The Morgan fingerprint density at radius 1 is 1.17 bits per heavy atom. The first-order chi connectivity index (χ1) is 11.5. The van der Waals surface area contributed by atoms with Gasteiger partial charge in [0.2, 0.25) is 5.91 Å². The molecule has 0 radical (unpaired) electrons. The summed E-state index contributed by atoms with van der Waals surface area (Å²) in [7, 11) is 0. The van der Waals surface area contributed by atoms with Gasteiger partial charge in [0.1, 0.15) is 0 Å². The van der Waals surface area contributed by atoms with E-state index in [1.54, 1.807) is 0 Å². The number of rotatable bonds is 2. The van der Waals surface area contributed by atoms with Crippen LogP contribution >= 0.6 is 0 Å². The largest absolute Gasteiger partial charge is 0.347 e. The summed E-state index contributed by atoms with van der Waals surface area (Å²) in [4.78, 5) is 26.3. The molecule has 5 heteroatoms. The predicted molar refractivity (Wildman–Crippen MR) is 93.4 cm³/mol. The van der Waals surface area contributed by atoms with Crippen molar-refractivity contribution in [2.45, 2.75) is 45.2 Å². The Bertz CT molecular complexity index is 654. The van der Waals surface area contributed by atoms with Crippen molar-refractivity contribution in [2.75, 3.05) is 13.1 Å². The molecule has 5 nitrogen and oxygen atoms in total. The van der Waals surface area contributed by atoms with Crippen LogP contribution in [0.3, 0.4) is 0 Å². The SMILES string of the molecule is CC1=C(C)CN(C(=O)N[C@@H]2CCC(=O)N[C@H]2c2ccccc2)CC1. The highest BCUT2D eigenvalue weighted by Crippen LogP contribution is 2.25. The molecule has 1 saturated heterocycles. The highest BCUT2D eigenvalue weighted by molar-refractivity contribution is 5.79. The molecule has 3 rings (SSSR count).